The van der Waals surface area contributed by atoms with E-state index in [9.17, 15) is 27.2 Å². The van der Waals surface area contributed by atoms with E-state index in [1.54, 1.807) is 0 Å². The van der Waals surface area contributed by atoms with E-state index in [1.165, 1.54) is 4.98 Å². The number of carbonyl (C=O) groups excluding carboxylic acids is 1. The number of aromatic amines is 1. The summed E-state index contributed by atoms with van der Waals surface area (Å²) in [4.78, 5) is 23.1. The van der Waals surface area contributed by atoms with Crippen molar-refractivity contribution in [2.75, 3.05) is 0 Å². The van der Waals surface area contributed by atoms with E-state index in [-0.39, 0.29) is 29.6 Å². The van der Waals surface area contributed by atoms with Gasteiger partial charge in [0.25, 0.3) is 11.5 Å². The van der Waals surface area contributed by atoms with E-state index >= 15 is 0 Å². The number of H-pyrrole nitrogens is 1. The van der Waals surface area contributed by atoms with E-state index < -0.39 is 34.0 Å². The number of nitrogens with two attached hydrogens (primary N) is 1. The zero-order valence-corrected chi connectivity index (χ0v) is 11.7. The van der Waals surface area contributed by atoms with Gasteiger partial charge in [-0.05, 0) is 23.7 Å². The van der Waals surface area contributed by atoms with Gasteiger partial charge in [0.05, 0.1) is 5.69 Å². The van der Waals surface area contributed by atoms with Gasteiger partial charge in [0.2, 0.25) is 0 Å². The zero-order chi connectivity index (χ0) is 13.4. The van der Waals surface area contributed by atoms with Crippen LogP contribution in [0.3, 0.4) is 0 Å². The summed E-state index contributed by atoms with van der Waals surface area (Å²) >= 11 is 4.22. The third kappa shape index (κ3) is 3.25. The molecule has 1 amide bonds. The van der Waals surface area contributed by atoms with Crippen LogP contribution in [0, 0.1) is 0 Å². The summed E-state index contributed by atoms with van der Waals surface area (Å²) in [7, 11) is 0. The van der Waals surface area contributed by atoms with Gasteiger partial charge in [-0.15, -0.1) is 0 Å². The maximum atomic E-state index is 13.0. The standard InChI is InChI=1S/C8H5ClF4N2O2.Na/c9-8(12,13)7(10,11)4-2-1-3(5(14)16)6(17)15-4;/h1-2H,(H2,14,16)(H,15,17);. The van der Waals surface area contributed by atoms with Gasteiger partial charge in [-0.1, -0.05) is 0 Å². The van der Waals surface area contributed by atoms with Crippen LogP contribution < -0.4 is 11.3 Å². The molecule has 0 aromatic carbocycles. The molecule has 0 spiro atoms. The number of alkyl halides is 5. The quantitative estimate of drug-likeness (QED) is 0.496. The predicted octanol–water partition coefficient (Wildman–Crippen LogP) is 1.02. The summed E-state index contributed by atoms with van der Waals surface area (Å²) in [6.07, 6.45) is 0. The van der Waals surface area contributed by atoms with Crippen molar-refractivity contribution < 1.29 is 22.4 Å². The third-order valence-corrected chi connectivity index (χ3v) is 2.11. The number of primary amides is 1. The minimum atomic E-state index is -4.87. The molecule has 4 nitrogen and oxygen atoms in total. The minimum absolute atomic E-state index is 0. The summed E-state index contributed by atoms with van der Waals surface area (Å²) in [5.41, 5.74) is 1.41. The Morgan fingerprint density at radius 1 is 1.28 bits per heavy atom. The Bertz CT molecular complexity index is 515. The van der Waals surface area contributed by atoms with Crippen molar-refractivity contribution in [2.45, 2.75) is 11.3 Å². The van der Waals surface area contributed by atoms with E-state index in [0.29, 0.717) is 12.1 Å². The smallest absolute Gasteiger partial charge is 0.365 e. The first-order chi connectivity index (χ1) is 7.57. The van der Waals surface area contributed by atoms with Crippen LogP contribution in [0.2, 0.25) is 0 Å². The summed E-state index contributed by atoms with van der Waals surface area (Å²) in [5, 5.41) is -4.87. The molecule has 1 radical (unpaired) electrons. The molecule has 3 N–H and O–H groups in total. The molecule has 0 aliphatic rings. The molecule has 0 aliphatic carbocycles. The van der Waals surface area contributed by atoms with Crippen LogP contribution in [0.1, 0.15) is 16.1 Å². The number of pyridine rings is 1. The van der Waals surface area contributed by atoms with Crippen molar-refractivity contribution in [3.05, 3.63) is 33.7 Å². The Balaban J connectivity index is 0.00000289. The van der Waals surface area contributed by atoms with Gasteiger partial charge in [-0.2, -0.15) is 17.6 Å². The molecule has 1 heterocycles. The molecule has 95 valence electrons. The van der Waals surface area contributed by atoms with Crippen molar-refractivity contribution in [3.63, 3.8) is 0 Å². The maximum Gasteiger partial charge on any atom is 0.390 e. The molecule has 1 rings (SSSR count). The number of carbonyl (C=O) groups is 1. The average Bonchev–Trinajstić information content (AvgIpc) is 2.14. The van der Waals surface area contributed by atoms with Crippen molar-refractivity contribution in [1.82, 2.24) is 4.98 Å². The molecule has 0 saturated heterocycles. The zero-order valence-electron chi connectivity index (χ0n) is 8.94. The largest absolute Gasteiger partial charge is 0.390 e. The summed E-state index contributed by atoms with van der Waals surface area (Å²) < 4.78 is 50.8. The second kappa shape index (κ2) is 5.60. The van der Waals surface area contributed by atoms with Gasteiger partial charge in [0.15, 0.2) is 0 Å². The number of hydrogen-bond acceptors (Lipinski definition) is 2. The predicted molar refractivity (Wildman–Crippen MR) is 56.0 cm³/mol. The molecule has 0 bridgehead atoms. The van der Waals surface area contributed by atoms with Crippen LogP contribution in [-0.2, 0) is 5.92 Å². The molecule has 18 heavy (non-hydrogen) atoms. The molecule has 0 saturated carbocycles. The molecule has 0 atom stereocenters. The Kier molecular flexibility index (Phi) is 5.42. The van der Waals surface area contributed by atoms with Crippen LogP contribution in [-0.4, -0.2) is 45.8 Å². The number of nitrogens with one attached hydrogen (secondary N) is 1. The fourth-order valence-corrected chi connectivity index (χ4v) is 1.11. The number of hydrogen-bond donors (Lipinski definition) is 2. The van der Waals surface area contributed by atoms with Crippen molar-refractivity contribution in [3.8, 4) is 0 Å². The van der Waals surface area contributed by atoms with Crippen molar-refractivity contribution in [1.29, 1.82) is 0 Å². The first-order valence-electron chi connectivity index (χ1n) is 4.05. The SMILES string of the molecule is NC(=O)c1ccc(C(F)(F)C(F)(F)Cl)[nH]c1=O.[Na]. The second-order valence-electron chi connectivity index (χ2n) is 3.05. The van der Waals surface area contributed by atoms with Crippen LogP contribution in [0.4, 0.5) is 17.6 Å². The normalized spacial score (nSPS) is 11.8. The third-order valence-electron chi connectivity index (χ3n) is 1.87. The molecule has 0 fully saturated rings. The Hall–Kier alpha value is -0.570. The van der Waals surface area contributed by atoms with Crippen LogP contribution in [0.5, 0.6) is 0 Å². The van der Waals surface area contributed by atoms with E-state index in [2.05, 4.69) is 11.6 Å². The van der Waals surface area contributed by atoms with Gasteiger partial charge in [0, 0.05) is 29.6 Å². The molecular formula is C8H5ClF4N2NaO2. The van der Waals surface area contributed by atoms with Gasteiger partial charge in [-0.3, -0.25) is 9.59 Å². The maximum absolute atomic E-state index is 13.0. The molecule has 0 aliphatic heterocycles. The Morgan fingerprint density at radius 3 is 2.11 bits per heavy atom. The topological polar surface area (TPSA) is 76.0 Å². The number of aromatic nitrogens is 1. The van der Waals surface area contributed by atoms with Crippen LogP contribution in [0.25, 0.3) is 0 Å². The van der Waals surface area contributed by atoms with Crippen LogP contribution in [0.15, 0.2) is 16.9 Å². The molecule has 1 aromatic rings. The van der Waals surface area contributed by atoms with Gasteiger partial charge in [-0.25, -0.2) is 0 Å². The van der Waals surface area contributed by atoms with E-state index in [1.807, 2.05) is 0 Å². The number of halogens is 5. The fraction of sp³-hybridized carbons (Fsp3) is 0.250. The Morgan fingerprint density at radius 2 is 1.78 bits per heavy atom. The number of rotatable bonds is 3. The average molecular weight is 296 g/mol. The van der Waals surface area contributed by atoms with Crippen molar-refractivity contribution >= 4 is 47.1 Å². The van der Waals surface area contributed by atoms with Crippen molar-refractivity contribution in [2.24, 2.45) is 5.73 Å². The first-order valence-corrected chi connectivity index (χ1v) is 4.43. The molecule has 10 heteroatoms. The van der Waals surface area contributed by atoms with E-state index in [0.717, 1.165) is 0 Å². The molecule has 1 aromatic heterocycles. The summed E-state index contributed by atoms with van der Waals surface area (Å²) in [6.45, 7) is 0. The number of amides is 1. The minimum Gasteiger partial charge on any atom is -0.365 e. The monoisotopic (exact) mass is 295 g/mol. The summed E-state index contributed by atoms with van der Waals surface area (Å²) in [5.74, 6) is -5.94. The van der Waals surface area contributed by atoms with Gasteiger partial charge in [0.1, 0.15) is 5.56 Å². The van der Waals surface area contributed by atoms with Gasteiger partial charge < -0.3 is 10.7 Å². The fourth-order valence-electron chi connectivity index (χ4n) is 1.00. The first kappa shape index (κ1) is 17.4. The molecule has 0 unspecified atom stereocenters. The summed E-state index contributed by atoms with van der Waals surface area (Å²) in [6, 6.07) is 1.06. The Labute approximate surface area is 125 Å². The van der Waals surface area contributed by atoms with Crippen LogP contribution >= 0.6 is 11.6 Å². The van der Waals surface area contributed by atoms with Gasteiger partial charge >= 0.3 is 11.3 Å². The second-order valence-corrected chi connectivity index (χ2v) is 3.53. The van der Waals surface area contributed by atoms with E-state index in [4.69, 9.17) is 5.73 Å². The molecular weight excluding hydrogens is 291 g/mol.